The second kappa shape index (κ2) is 5.01. The van der Waals surface area contributed by atoms with Crippen molar-refractivity contribution in [1.82, 2.24) is 4.98 Å². The SMILES string of the molecule is Nc1cnccc1NCc1ccc(F)c(Cl)c1. The lowest BCUT2D eigenvalue weighted by molar-refractivity contribution is 0.627. The number of nitrogens with zero attached hydrogens (tertiary/aromatic N) is 1. The van der Waals surface area contributed by atoms with Gasteiger partial charge in [0, 0.05) is 12.7 Å². The summed E-state index contributed by atoms with van der Waals surface area (Å²) in [6.07, 6.45) is 3.22. The number of aromatic nitrogens is 1. The van der Waals surface area contributed by atoms with Crippen molar-refractivity contribution in [2.45, 2.75) is 6.54 Å². The van der Waals surface area contributed by atoms with Gasteiger partial charge in [-0.3, -0.25) is 4.98 Å². The number of hydrogen-bond acceptors (Lipinski definition) is 3. The lowest BCUT2D eigenvalue weighted by Crippen LogP contribution is -2.02. The van der Waals surface area contributed by atoms with E-state index < -0.39 is 5.82 Å². The zero-order valence-corrected chi connectivity index (χ0v) is 9.71. The molecule has 3 N–H and O–H groups in total. The van der Waals surface area contributed by atoms with Crippen LogP contribution in [0.2, 0.25) is 5.02 Å². The summed E-state index contributed by atoms with van der Waals surface area (Å²) >= 11 is 5.69. The van der Waals surface area contributed by atoms with Gasteiger partial charge in [-0.05, 0) is 23.8 Å². The highest BCUT2D eigenvalue weighted by molar-refractivity contribution is 6.30. The molecule has 1 heterocycles. The van der Waals surface area contributed by atoms with E-state index in [1.165, 1.54) is 6.07 Å². The smallest absolute Gasteiger partial charge is 0.141 e. The minimum absolute atomic E-state index is 0.118. The molecule has 0 bridgehead atoms. The van der Waals surface area contributed by atoms with E-state index in [0.717, 1.165) is 11.3 Å². The van der Waals surface area contributed by atoms with Crippen LogP contribution in [-0.4, -0.2) is 4.98 Å². The van der Waals surface area contributed by atoms with Crippen LogP contribution in [0.15, 0.2) is 36.7 Å². The molecular formula is C12H11ClFN3. The van der Waals surface area contributed by atoms with E-state index in [1.807, 2.05) is 0 Å². The molecule has 0 atom stereocenters. The third-order valence-corrected chi connectivity index (χ3v) is 2.61. The van der Waals surface area contributed by atoms with E-state index in [9.17, 15) is 4.39 Å². The molecule has 0 fully saturated rings. The van der Waals surface area contributed by atoms with Crippen molar-refractivity contribution in [2.75, 3.05) is 11.1 Å². The summed E-state index contributed by atoms with van der Waals surface area (Å²) < 4.78 is 12.9. The molecule has 2 rings (SSSR count). The van der Waals surface area contributed by atoms with Gasteiger partial charge in [0.05, 0.1) is 22.6 Å². The molecule has 0 saturated carbocycles. The van der Waals surface area contributed by atoms with Gasteiger partial charge < -0.3 is 11.1 Å². The minimum Gasteiger partial charge on any atom is -0.396 e. The topological polar surface area (TPSA) is 50.9 Å². The number of benzene rings is 1. The first-order chi connectivity index (χ1) is 8.16. The Morgan fingerprint density at radius 2 is 2.18 bits per heavy atom. The fourth-order valence-corrected chi connectivity index (χ4v) is 1.62. The predicted molar refractivity (Wildman–Crippen MR) is 67.4 cm³/mol. The van der Waals surface area contributed by atoms with Gasteiger partial charge in [-0.1, -0.05) is 17.7 Å². The number of nitrogens with one attached hydrogen (secondary N) is 1. The molecule has 3 nitrogen and oxygen atoms in total. The molecule has 88 valence electrons. The van der Waals surface area contributed by atoms with Gasteiger partial charge in [0.25, 0.3) is 0 Å². The van der Waals surface area contributed by atoms with Crippen LogP contribution in [0.5, 0.6) is 0 Å². The maximum Gasteiger partial charge on any atom is 0.141 e. The van der Waals surface area contributed by atoms with Crippen molar-refractivity contribution in [3.05, 3.63) is 53.1 Å². The molecule has 0 spiro atoms. The number of anilines is 2. The summed E-state index contributed by atoms with van der Waals surface area (Å²) in [7, 11) is 0. The molecule has 0 radical (unpaired) electrons. The molecule has 0 aliphatic rings. The van der Waals surface area contributed by atoms with Crippen LogP contribution in [0.3, 0.4) is 0 Å². The highest BCUT2D eigenvalue weighted by Gasteiger charge is 2.02. The Hall–Kier alpha value is -1.81. The number of hydrogen-bond donors (Lipinski definition) is 2. The summed E-state index contributed by atoms with van der Waals surface area (Å²) in [4.78, 5) is 3.89. The van der Waals surface area contributed by atoms with Crippen molar-refractivity contribution >= 4 is 23.0 Å². The molecule has 1 aromatic heterocycles. The summed E-state index contributed by atoms with van der Waals surface area (Å²) in [5, 5.41) is 3.25. The van der Waals surface area contributed by atoms with Gasteiger partial charge in [-0.2, -0.15) is 0 Å². The second-order valence-corrected chi connectivity index (χ2v) is 3.97. The average Bonchev–Trinajstić information content (AvgIpc) is 2.32. The van der Waals surface area contributed by atoms with Crippen LogP contribution < -0.4 is 11.1 Å². The molecule has 0 saturated heterocycles. The van der Waals surface area contributed by atoms with Crippen LogP contribution in [0.4, 0.5) is 15.8 Å². The van der Waals surface area contributed by atoms with E-state index >= 15 is 0 Å². The molecule has 2 aromatic rings. The molecule has 5 heteroatoms. The maximum absolute atomic E-state index is 12.9. The standard InChI is InChI=1S/C12H11ClFN3/c13-9-5-8(1-2-10(9)14)6-17-12-3-4-16-7-11(12)15/h1-5,7H,6,15H2,(H,16,17). The number of nitrogen functional groups attached to an aromatic ring is 1. The monoisotopic (exact) mass is 251 g/mol. The zero-order chi connectivity index (χ0) is 12.3. The van der Waals surface area contributed by atoms with Crippen molar-refractivity contribution < 1.29 is 4.39 Å². The Balaban J connectivity index is 2.08. The maximum atomic E-state index is 12.9. The largest absolute Gasteiger partial charge is 0.396 e. The number of rotatable bonds is 3. The van der Waals surface area contributed by atoms with E-state index in [2.05, 4.69) is 10.3 Å². The average molecular weight is 252 g/mol. The summed E-state index contributed by atoms with van der Waals surface area (Å²) in [6, 6.07) is 6.38. The fraction of sp³-hybridized carbons (Fsp3) is 0.0833. The molecule has 0 amide bonds. The van der Waals surface area contributed by atoms with Gasteiger partial charge in [0.2, 0.25) is 0 Å². The van der Waals surface area contributed by atoms with Gasteiger partial charge in [0.1, 0.15) is 5.82 Å². The Labute approximate surface area is 103 Å². The Morgan fingerprint density at radius 3 is 2.88 bits per heavy atom. The van der Waals surface area contributed by atoms with Crippen molar-refractivity contribution in [3.63, 3.8) is 0 Å². The van der Waals surface area contributed by atoms with E-state index in [4.69, 9.17) is 17.3 Å². The Kier molecular flexibility index (Phi) is 3.44. The van der Waals surface area contributed by atoms with E-state index in [1.54, 1.807) is 30.6 Å². The number of pyridine rings is 1. The first-order valence-corrected chi connectivity index (χ1v) is 5.42. The van der Waals surface area contributed by atoms with Crippen LogP contribution in [0, 0.1) is 5.82 Å². The van der Waals surface area contributed by atoms with Crippen molar-refractivity contribution in [1.29, 1.82) is 0 Å². The quantitative estimate of drug-likeness (QED) is 0.882. The number of halogens is 2. The molecule has 1 aromatic carbocycles. The number of nitrogens with two attached hydrogens (primary N) is 1. The highest BCUT2D eigenvalue weighted by Crippen LogP contribution is 2.19. The van der Waals surface area contributed by atoms with Gasteiger partial charge in [-0.15, -0.1) is 0 Å². The molecule has 0 unspecified atom stereocenters. The van der Waals surface area contributed by atoms with Crippen LogP contribution in [-0.2, 0) is 6.54 Å². The zero-order valence-electron chi connectivity index (χ0n) is 8.95. The van der Waals surface area contributed by atoms with E-state index in [0.29, 0.717) is 12.2 Å². The third-order valence-electron chi connectivity index (χ3n) is 2.32. The highest BCUT2D eigenvalue weighted by atomic mass is 35.5. The summed E-state index contributed by atoms with van der Waals surface area (Å²) in [5.41, 5.74) is 7.97. The van der Waals surface area contributed by atoms with Crippen LogP contribution in [0.25, 0.3) is 0 Å². The van der Waals surface area contributed by atoms with Crippen molar-refractivity contribution in [2.24, 2.45) is 0 Å². The lowest BCUT2D eigenvalue weighted by Gasteiger charge is -2.09. The Morgan fingerprint density at radius 1 is 1.35 bits per heavy atom. The minimum atomic E-state index is -0.418. The first kappa shape index (κ1) is 11.7. The van der Waals surface area contributed by atoms with Gasteiger partial charge in [0.15, 0.2) is 0 Å². The summed E-state index contributed by atoms with van der Waals surface area (Å²) in [6.45, 7) is 0.522. The van der Waals surface area contributed by atoms with Crippen LogP contribution in [0.1, 0.15) is 5.56 Å². The van der Waals surface area contributed by atoms with Gasteiger partial charge >= 0.3 is 0 Å². The normalized spacial score (nSPS) is 10.2. The predicted octanol–water partition coefficient (Wildman–Crippen LogP) is 3.07. The molecular weight excluding hydrogens is 241 g/mol. The second-order valence-electron chi connectivity index (χ2n) is 3.56. The summed E-state index contributed by atoms with van der Waals surface area (Å²) in [5.74, 6) is -0.418. The van der Waals surface area contributed by atoms with Gasteiger partial charge in [-0.25, -0.2) is 4.39 Å². The lowest BCUT2D eigenvalue weighted by atomic mass is 10.2. The molecule has 0 aliphatic carbocycles. The van der Waals surface area contributed by atoms with Crippen molar-refractivity contribution in [3.8, 4) is 0 Å². The molecule has 0 aliphatic heterocycles. The van der Waals surface area contributed by atoms with Crippen LogP contribution >= 0.6 is 11.6 Å². The third kappa shape index (κ3) is 2.85. The van der Waals surface area contributed by atoms with E-state index in [-0.39, 0.29) is 5.02 Å². The molecule has 17 heavy (non-hydrogen) atoms. The first-order valence-electron chi connectivity index (χ1n) is 5.04. The Bertz CT molecular complexity index is 531. The fourth-order valence-electron chi connectivity index (χ4n) is 1.41.